The SMILES string of the molecule is CCCN1CCC(O)(Cc2nc(C)cs2)CC1. The predicted molar refractivity (Wildman–Crippen MR) is 71.5 cm³/mol. The van der Waals surface area contributed by atoms with Gasteiger partial charge in [0.05, 0.1) is 10.6 Å². The molecule has 4 heteroatoms. The standard InChI is InChI=1S/C13H22N2OS/c1-3-6-15-7-4-13(16,5-8-15)9-12-14-11(2)10-17-12/h10,16H,3-9H2,1-2H3. The van der Waals surface area contributed by atoms with E-state index in [1.807, 2.05) is 6.92 Å². The van der Waals surface area contributed by atoms with Crippen molar-refractivity contribution in [3.8, 4) is 0 Å². The number of rotatable bonds is 4. The number of likely N-dealkylation sites (tertiary alicyclic amines) is 1. The van der Waals surface area contributed by atoms with Crippen LogP contribution in [0.4, 0.5) is 0 Å². The quantitative estimate of drug-likeness (QED) is 0.895. The number of hydrogen-bond donors (Lipinski definition) is 1. The number of aliphatic hydroxyl groups is 1. The van der Waals surface area contributed by atoms with Gasteiger partial charge in [-0.3, -0.25) is 0 Å². The third-order valence-electron chi connectivity index (χ3n) is 3.47. The fraction of sp³-hybridized carbons (Fsp3) is 0.769. The minimum Gasteiger partial charge on any atom is -0.389 e. The summed E-state index contributed by atoms with van der Waals surface area (Å²) in [5, 5.41) is 13.7. The average Bonchev–Trinajstić information content (AvgIpc) is 2.68. The Bertz CT molecular complexity index is 356. The molecule has 0 unspecified atom stereocenters. The first kappa shape index (κ1) is 13.0. The third-order valence-corrected chi connectivity index (χ3v) is 4.44. The minimum atomic E-state index is -0.519. The summed E-state index contributed by atoms with van der Waals surface area (Å²) in [6, 6.07) is 0. The molecule has 3 nitrogen and oxygen atoms in total. The number of aromatic nitrogens is 1. The average molecular weight is 254 g/mol. The lowest BCUT2D eigenvalue weighted by Crippen LogP contribution is -2.45. The Balaban J connectivity index is 1.89. The third kappa shape index (κ3) is 3.50. The van der Waals surface area contributed by atoms with Crippen molar-refractivity contribution in [1.82, 2.24) is 9.88 Å². The minimum absolute atomic E-state index is 0.519. The normalized spacial score (nSPS) is 20.6. The topological polar surface area (TPSA) is 36.4 Å². The predicted octanol–water partition coefficient (Wildman–Crippen LogP) is 2.23. The van der Waals surface area contributed by atoms with Crippen LogP contribution in [-0.4, -0.2) is 40.2 Å². The van der Waals surface area contributed by atoms with Crippen LogP contribution in [0, 0.1) is 6.92 Å². The van der Waals surface area contributed by atoms with Gasteiger partial charge in [0, 0.05) is 30.6 Å². The van der Waals surface area contributed by atoms with Crippen molar-refractivity contribution in [2.24, 2.45) is 0 Å². The van der Waals surface area contributed by atoms with Gasteiger partial charge in [-0.05, 0) is 32.7 Å². The molecule has 17 heavy (non-hydrogen) atoms. The summed E-state index contributed by atoms with van der Waals surface area (Å²) in [5.74, 6) is 0. The molecule has 0 radical (unpaired) electrons. The first-order valence-corrected chi connectivity index (χ1v) is 7.35. The summed E-state index contributed by atoms with van der Waals surface area (Å²) in [4.78, 5) is 6.90. The van der Waals surface area contributed by atoms with E-state index in [1.165, 1.54) is 6.42 Å². The van der Waals surface area contributed by atoms with E-state index in [4.69, 9.17) is 0 Å². The number of piperidine rings is 1. The van der Waals surface area contributed by atoms with Gasteiger partial charge in [0.25, 0.3) is 0 Å². The van der Waals surface area contributed by atoms with Crippen LogP contribution in [0.2, 0.25) is 0 Å². The summed E-state index contributed by atoms with van der Waals surface area (Å²) >= 11 is 1.67. The molecule has 0 aliphatic carbocycles. The number of aryl methyl sites for hydroxylation is 1. The van der Waals surface area contributed by atoms with Gasteiger partial charge in [-0.2, -0.15) is 0 Å². The van der Waals surface area contributed by atoms with Crippen molar-refractivity contribution in [1.29, 1.82) is 0 Å². The van der Waals surface area contributed by atoms with Gasteiger partial charge >= 0.3 is 0 Å². The second-order valence-corrected chi connectivity index (χ2v) is 6.07. The molecule has 1 aliphatic rings. The molecule has 1 N–H and O–H groups in total. The summed E-state index contributed by atoms with van der Waals surface area (Å²) < 4.78 is 0. The molecule has 0 spiro atoms. The van der Waals surface area contributed by atoms with Gasteiger partial charge in [0.1, 0.15) is 0 Å². The summed E-state index contributed by atoms with van der Waals surface area (Å²) in [5.41, 5.74) is 0.547. The van der Waals surface area contributed by atoms with E-state index in [9.17, 15) is 5.11 Å². The summed E-state index contributed by atoms with van der Waals surface area (Å²) in [6.45, 7) is 7.42. The van der Waals surface area contributed by atoms with Crippen molar-refractivity contribution in [2.45, 2.75) is 45.1 Å². The second-order valence-electron chi connectivity index (χ2n) is 5.13. The smallest absolute Gasteiger partial charge is 0.0956 e. The van der Waals surface area contributed by atoms with Crippen LogP contribution in [0.3, 0.4) is 0 Å². The highest BCUT2D eigenvalue weighted by molar-refractivity contribution is 7.09. The lowest BCUT2D eigenvalue weighted by atomic mass is 9.88. The molecule has 0 amide bonds. The van der Waals surface area contributed by atoms with Gasteiger partial charge in [-0.15, -0.1) is 11.3 Å². The van der Waals surface area contributed by atoms with Gasteiger partial charge in [0.2, 0.25) is 0 Å². The Kier molecular flexibility index (Phi) is 4.17. The molecule has 1 aromatic heterocycles. The zero-order valence-corrected chi connectivity index (χ0v) is 11.6. The highest BCUT2D eigenvalue weighted by Crippen LogP contribution is 2.27. The molecule has 2 rings (SSSR count). The molecular weight excluding hydrogens is 232 g/mol. The molecule has 0 aromatic carbocycles. The van der Waals surface area contributed by atoms with Crippen LogP contribution in [0.5, 0.6) is 0 Å². The first-order chi connectivity index (χ1) is 8.11. The molecule has 1 aromatic rings. The molecule has 1 fully saturated rings. The molecule has 0 atom stereocenters. The Morgan fingerprint density at radius 2 is 2.18 bits per heavy atom. The van der Waals surface area contributed by atoms with Crippen molar-refractivity contribution < 1.29 is 5.11 Å². The van der Waals surface area contributed by atoms with E-state index in [-0.39, 0.29) is 0 Å². The van der Waals surface area contributed by atoms with Crippen molar-refractivity contribution in [3.05, 3.63) is 16.1 Å². The lowest BCUT2D eigenvalue weighted by molar-refractivity contribution is -0.0205. The molecule has 0 saturated carbocycles. The van der Waals surface area contributed by atoms with E-state index in [1.54, 1.807) is 11.3 Å². The molecular formula is C13H22N2OS. The van der Waals surface area contributed by atoms with Crippen LogP contribution in [0.1, 0.15) is 36.9 Å². The van der Waals surface area contributed by atoms with E-state index in [2.05, 4.69) is 22.2 Å². The maximum absolute atomic E-state index is 10.6. The van der Waals surface area contributed by atoms with Crippen LogP contribution in [-0.2, 0) is 6.42 Å². The van der Waals surface area contributed by atoms with Gasteiger partial charge in [-0.1, -0.05) is 6.92 Å². The summed E-state index contributed by atoms with van der Waals surface area (Å²) in [6.07, 6.45) is 3.69. The Morgan fingerprint density at radius 3 is 2.71 bits per heavy atom. The van der Waals surface area contributed by atoms with Gasteiger partial charge in [0.15, 0.2) is 0 Å². The molecule has 2 heterocycles. The number of thiazole rings is 1. The van der Waals surface area contributed by atoms with E-state index >= 15 is 0 Å². The Hall–Kier alpha value is -0.450. The molecule has 96 valence electrons. The Labute approximate surface area is 107 Å². The fourth-order valence-electron chi connectivity index (χ4n) is 2.45. The van der Waals surface area contributed by atoms with Crippen LogP contribution >= 0.6 is 11.3 Å². The molecule has 0 bridgehead atoms. The van der Waals surface area contributed by atoms with Crippen LogP contribution < -0.4 is 0 Å². The number of hydrogen-bond acceptors (Lipinski definition) is 4. The Morgan fingerprint density at radius 1 is 1.47 bits per heavy atom. The van der Waals surface area contributed by atoms with Crippen molar-refractivity contribution >= 4 is 11.3 Å². The van der Waals surface area contributed by atoms with Crippen molar-refractivity contribution in [3.63, 3.8) is 0 Å². The van der Waals surface area contributed by atoms with Gasteiger partial charge in [-0.25, -0.2) is 4.98 Å². The second kappa shape index (κ2) is 5.46. The van der Waals surface area contributed by atoms with Crippen LogP contribution in [0.15, 0.2) is 5.38 Å². The monoisotopic (exact) mass is 254 g/mol. The highest BCUT2D eigenvalue weighted by Gasteiger charge is 2.32. The van der Waals surface area contributed by atoms with E-state index < -0.39 is 5.60 Å². The fourth-order valence-corrected chi connectivity index (χ4v) is 3.36. The highest BCUT2D eigenvalue weighted by atomic mass is 32.1. The maximum atomic E-state index is 10.6. The summed E-state index contributed by atoms with van der Waals surface area (Å²) in [7, 11) is 0. The molecule has 1 aliphatic heterocycles. The maximum Gasteiger partial charge on any atom is 0.0956 e. The number of nitrogens with zero attached hydrogens (tertiary/aromatic N) is 2. The zero-order chi connectivity index (χ0) is 12.3. The van der Waals surface area contributed by atoms with Crippen LogP contribution in [0.25, 0.3) is 0 Å². The van der Waals surface area contributed by atoms with E-state index in [0.29, 0.717) is 0 Å². The zero-order valence-electron chi connectivity index (χ0n) is 10.8. The lowest BCUT2D eigenvalue weighted by Gasteiger charge is -2.37. The largest absolute Gasteiger partial charge is 0.389 e. The van der Waals surface area contributed by atoms with Crippen molar-refractivity contribution in [2.75, 3.05) is 19.6 Å². The molecule has 1 saturated heterocycles. The van der Waals surface area contributed by atoms with E-state index in [0.717, 1.165) is 49.6 Å². The first-order valence-electron chi connectivity index (χ1n) is 6.47. The van der Waals surface area contributed by atoms with Gasteiger partial charge < -0.3 is 10.0 Å².